The van der Waals surface area contributed by atoms with Gasteiger partial charge in [0.25, 0.3) is 5.91 Å². The molecule has 2 aliphatic heterocycles. The number of piperidine rings is 1. The van der Waals surface area contributed by atoms with Crippen LogP contribution in [0.2, 0.25) is 0 Å². The number of hydrogen-bond donors (Lipinski definition) is 1. The van der Waals surface area contributed by atoms with Gasteiger partial charge in [-0.1, -0.05) is 0 Å². The van der Waals surface area contributed by atoms with E-state index in [9.17, 15) is 4.79 Å². The molecule has 4 heterocycles. The van der Waals surface area contributed by atoms with Crippen LogP contribution in [0.4, 0.5) is 0 Å². The first-order chi connectivity index (χ1) is 12.8. The molecule has 0 aliphatic carbocycles. The lowest BCUT2D eigenvalue weighted by molar-refractivity contribution is 0.0705. The standard InChI is InChI=1S/C19H28N6O/c1-2-25-17(14-23-10-3-4-11-23)21-22-18(25)15-7-12-24(13-8-15)19(26)16-6-5-9-20-16/h5-6,9,15,20H,2-4,7-8,10-14H2,1H3. The second-order valence-corrected chi connectivity index (χ2v) is 7.35. The molecule has 0 atom stereocenters. The van der Waals surface area contributed by atoms with E-state index in [1.165, 1.54) is 25.9 Å². The van der Waals surface area contributed by atoms with Gasteiger partial charge < -0.3 is 14.5 Å². The number of rotatable bonds is 5. The normalized spacial score (nSPS) is 19.3. The Hall–Kier alpha value is -2.15. The summed E-state index contributed by atoms with van der Waals surface area (Å²) in [6.07, 6.45) is 6.29. The number of carbonyl (C=O) groups is 1. The van der Waals surface area contributed by atoms with Gasteiger partial charge in [0.05, 0.1) is 6.54 Å². The predicted molar refractivity (Wildman–Crippen MR) is 98.9 cm³/mol. The number of carbonyl (C=O) groups excluding carboxylic acids is 1. The van der Waals surface area contributed by atoms with Gasteiger partial charge in [-0.2, -0.15) is 0 Å². The number of amides is 1. The van der Waals surface area contributed by atoms with Crippen LogP contribution in [0.25, 0.3) is 0 Å². The van der Waals surface area contributed by atoms with Crippen molar-refractivity contribution in [2.75, 3.05) is 26.2 Å². The lowest BCUT2D eigenvalue weighted by Gasteiger charge is -2.31. The molecule has 0 bridgehead atoms. The van der Waals surface area contributed by atoms with Crippen LogP contribution in [-0.4, -0.2) is 61.6 Å². The summed E-state index contributed by atoms with van der Waals surface area (Å²) >= 11 is 0. The molecule has 1 amide bonds. The Balaban J connectivity index is 1.41. The molecule has 4 rings (SSSR count). The van der Waals surface area contributed by atoms with Crippen molar-refractivity contribution < 1.29 is 4.79 Å². The summed E-state index contributed by atoms with van der Waals surface area (Å²) in [5.41, 5.74) is 0.674. The highest BCUT2D eigenvalue weighted by molar-refractivity contribution is 5.92. The maximum Gasteiger partial charge on any atom is 0.270 e. The third kappa shape index (κ3) is 3.40. The molecule has 2 aromatic heterocycles. The van der Waals surface area contributed by atoms with E-state index in [1.54, 1.807) is 6.20 Å². The number of nitrogens with one attached hydrogen (secondary N) is 1. The molecule has 0 saturated carbocycles. The van der Waals surface area contributed by atoms with Crippen LogP contribution < -0.4 is 0 Å². The topological polar surface area (TPSA) is 70.1 Å². The van der Waals surface area contributed by atoms with E-state index in [-0.39, 0.29) is 5.91 Å². The summed E-state index contributed by atoms with van der Waals surface area (Å²) in [6, 6.07) is 3.71. The largest absolute Gasteiger partial charge is 0.357 e. The second-order valence-electron chi connectivity index (χ2n) is 7.35. The summed E-state index contributed by atoms with van der Waals surface area (Å²) in [5.74, 6) is 2.69. The van der Waals surface area contributed by atoms with Gasteiger partial charge in [0.2, 0.25) is 0 Å². The quantitative estimate of drug-likeness (QED) is 0.892. The van der Waals surface area contributed by atoms with Crippen LogP contribution in [0.15, 0.2) is 18.3 Å². The molecule has 140 valence electrons. The first kappa shape index (κ1) is 17.3. The molecule has 0 unspecified atom stereocenters. The summed E-state index contributed by atoms with van der Waals surface area (Å²) in [7, 11) is 0. The Morgan fingerprint density at radius 2 is 1.96 bits per heavy atom. The number of aromatic nitrogens is 4. The third-order valence-corrected chi connectivity index (χ3v) is 5.71. The third-order valence-electron chi connectivity index (χ3n) is 5.71. The highest BCUT2D eigenvalue weighted by atomic mass is 16.2. The van der Waals surface area contributed by atoms with Crippen LogP contribution in [-0.2, 0) is 13.1 Å². The van der Waals surface area contributed by atoms with Gasteiger partial charge in [-0.25, -0.2) is 0 Å². The molecule has 7 nitrogen and oxygen atoms in total. The Kier molecular flexibility index (Phi) is 5.06. The number of hydrogen-bond acceptors (Lipinski definition) is 4. The highest BCUT2D eigenvalue weighted by Gasteiger charge is 2.29. The predicted octanol–water partition coefficient (Wildman–Crippen LogP) is 2.24. The molecule has 26 heavy (non-hydrogen) atoms. The van der Waals surface area contributed by atoms with E-state index >= 15 is 0 Å². The number of H-pyrrole nitrogens is 1. The zero-order valence-electron chi connectivity index (χ0n) is 15.5. The summed E-state index contributed by atoms with van der Waals surface area (Å²) in [5, 5.41) is 9.06. The van der Waals surface area contributed by atoms with Gasteiger partial charge >= 0.3 is 0 Å². The smallest absolute Gasteiger partial charge is 0.270 e. The molecule has 0 radical (unpaired) electrons. The van der Waals surface area contributed by atoms with Gasteiger partial charge in [-0.15, -0.1) is 10.2 Å². The SMILES string of the molecule is CCn1c(CN2CCCC2)nnc1C1CCN(C(=O)c2ccc[nH]2)CC1. The molecule has 1 N–H and O–H groups in total. The van der Waals surface area contributed by atoms with Crippen molar-refractivity contribution >= 4 is 5.91 Å². The van der Waals surface area contributed by atoms with E-state index in [4.69, 9.17) is 0 Å². The minimum atomic E-state index is 0.0973. The minimum Gasteiger partial charge on any atom is -0.357 e. The molecule has 2 saturated heterocycles. The second kappa shape index (κ2) is 7.61. The zero-order chi connectivity index (χ0) is 17.9. The monoisotopic (exact) mass is 356 g/mol. The van der Waals surface area contributed by atoms with Crippen molar-refractivity contribution in [3.63, 3.8) is 0 Å². The van der Waals surface area contributed by atoms with Crippen LogP contribution in [0, 0.1) is 0 Å². The van der Waals surface area contributed by atoms with Crippen LogP contribution >= 0.6 is 0 Å². The van der Waals surface area contributed by atoms with Gasteiger partial charge in [-0.3, -0.25) is 9.69 Å². The summed E-state index contributed by atoms with van der Waals surface area (Å²) in [6.45, 7) is 7.89. The van der Waals surface area contributed by atoms with Crippen molar-refractivity contribution in [2.24, 2.45) is 0 Å². The van der Waals surface area contributed by atoms with E-state index in [2.05, 4.69) is 31.6 Å². The number of aromatic amines is 1. The molecular formula is C19H28N6O. The Labute approximate surface area is 154 Å². The highest BCUT2D eigenvalue weighted by Crippen LogP contribution is 2.28. The van der Waals surface area contributed by atoms with Gasteiger partial charge in [0, 0.05) is 31.7 Å². The maximum absolute atomic E-state index is 12.5. The molecule has 2 aliphatic rings. The lowest BCUT2D eigenvalue weighted by atomic mass is 9.95. The van der Waals surface area contributed by atoms with Crippen LogP contribution in [0.3, 0.4) is 0 Å². The first-order valence-electron chi connectivity index (χ1n) is 9.83. The fraction of sp³-hybridized carbons (Fsp3) is 0.632. The fourth-order valence-electron chi connectivity index (χ4n) is 4.23. The molecule has 0 spiro atoms. The maximum atomic E-state index is 12.5. The van der Waals surface area contributed by atoms with Crippen molar-refractivity contribution in [3.05, 3.63) is 35.7 Å². The molecule has 2 fully saturated rings. The van der Waals surface area contributed by atoms with Gasteiger partial charge in [0.1, 0.15) is 17.3 Å². The number of nitrogens with zero attached hydrogens (tertiary/aromatic N) is 5. The lowest BCUT2D eigenvalue weighted by Crippen LogP contribution is -2.38. The molecular weight excluding hydrogens is 328 g/mol. The Bertz CT molecular complexity index is 723. The van der Waals surface area contributed by atoms with E-state index < -0.39 is 0 Å². The average molecular weight is 356 g/mol. The van der Waals surface area contributed by atoms with Crippen molar-refractivity contribution in [2.45, 2.75) is 51.6 Å². The van der Waals surface area contributed by atoms with E-state index in [0.29, 0.717) is 11.6 Å². The average Bonchev–Trinajstić information content (AvgIpc) is 3.43. The first-order valence-corrected chi connectivity index (χ1v) is 9.83. The van der Waals surface area contributed by atoms with E-state index in [0.717, 1.165) is 50.7 Å². The zero-order valence-corrected chi connectivity index (χ0v) is 15.5. The van der Waals surface area contributed by atoms with Crippen molar-refractivity contribution in [1.29, 1.82) is 0 Å². The van der Waals surface area contributed by atoms with Crippen LogP contribution in [0.5, 0.6) is 0 Å². The molecule has 7 heteroatoms. The van der Waals surface area contributed by atoms with Crippen LogP contribution in [0.1, 0.15) is 60.7 Å². The van der Waals surface area contributed by atoms with Crippen molar-refractivity contribution in [1.82, 2.24) is 29.5 Å². The Morgan fingerprint density at radius 1 is 1.19 bits per heavy atom. The van der Waals surface area contributed by atoms with E-state index in [1.807, 2.05) is 17.0 Å². The van der Waals surface area contributed by atoms with Crippen molar-refractivity contribution in [3.8, 4) is 0 Å². The molecule has 0 aromatic carbocycles. The minimum absolute atomic E-state index is 0.0973. The van der Waals surface area contributed by atoms with Gasteiger partial charge in [-0.05, 0) is 57.8 Å². The summed E-state index contributed by atoms with van der Waals surface area (Å²) in [4.78, 5) is 19.9. The molecule has 2 aromatic rings. The Morgan fingerprint density at radius 3 is 2.62 bits per heavy atom. The van der Waals surface area contributed by atoms with Gasteiger partial charge in [0.15, 0.2) is 0 Å². The summed E-state index contributed by atoms with van der Waals surface area (Å²) < 4.78 is 2.30. The fourth-order valence-corrected chi connectivity index (χ4v) is 4.23. The number of likely N-dealkylation sites (tertiary alicyclic amines) is 2.